The van der Waals surface area contributed by atoms with Crippen LogP contribution >= 0.6 is 0 Å². The summed E-state index contributed by atoms with van der Waals surface area (Å²) >= 11 is 0. The number of hydrogen-bond donors (Lipinski definition) is 3. The van der Waals surface area contributed by atoms with Crippen LogP contribution in [-0.4, -0.2) is 80.2 Å². The summed E-state index contributed by atoms with van der Waals surface area (Å²) in [6.07, 6.45) is 7.30. The Morgan fingerprint density at radius 1 is 0.939 bits per heavy atom. The van der Waals surface area contributed by atoms with Crippen molar-refractivity contribution < 1.29 is 57.6 Å². The van der Waals surface area contributed by atoms with Crippen LogP contribution in [0.2, 0.25) is 0 Å². The number of benzene rings is 2. The summed E-state index contributed by atoms with van der Waals surface area (Å²) in [5.74, 6) is -5.54. The molecule has 4 aliphatic carbocycles. The third kappa shape index (κ3) is 9.23. The molecule has 0 bridgehead atoms. The highest BCUT2D eigenvalue weighted by Crippen LogP contribution is 2.70. The molecule has 4 aliphatic rings. The van der Waals surface area contributed by atoms with Crippen molar-refractivity contribution >= 4 is 51.8 Å². The number of aromatic nitrogens is 1. The van der Waals surface area contributed by atoms with Crippen molar-refractivity contribution in [1.82, 2.24) is 4.98 Å². The van der Waals surface area contributed by atoms with Crippen LogP contribution in [0.15, 0.2) is 84.7 Å². The molecule has 0 saturated heterocycles. The average Bonchev–Trinajstić information content (AvgIpc) is 3.47. The normalized spacial score (nSPS) is 29.4. The average molecular weight is 909 g/mol. The Bertz CT molecular complexity index is 2460. The number of Topliss-reactive ketones (excluding diaryl/α,β-unsaturated/α-hetero) is 1. The molecule has 3 fully saturated rings. The van der Waals surface area contributed by atoms with Crippen LogP contribution in [-0.2, 0) is 49.6 Å². The minimum absolute atomic E-state index is 0.114. The number of rotatable bonds is 15. The van der Waals surface area contributed by atoms with E-state index < -0.39 is 81.8 Å². The summed E-state index contributed by atoms with van der Waals surface area (Å²) in [7, 11) is 0. The van der Waals surface area contributed by atoms with E-state index in [1.807, 2.05) is 18.2 Å². The van der Waals surface area contributed by atoms with Gasteiger partial charge >= 0.3 is 17.9 Å². The van der Waals surface area contributed by atoms with E-state index in [4.69, 9.17) is 14.2 Å². The van der Waals surface area contributed by atoms with Gasteiger partial charge in [-0.15, -0.1) is 0 Å². The molecule has 14 heteroatoms. The molecule has 3 N–H and O–H groups in total. The number of anilines is 1. The number of fused-ring (bicyclic) bond motifs is 6. The van der Waals surface area contributed by atoms with Gasteiger partial charge < -0.3 is 29.7 Å². The van der Waals surface area contributed by atoms with Crippen molar-refractivity contribution in [2.75, 3.05) is 11.9 Å². The molecule has 0 radical (unpaired) electrons. The van der Waals surface area contributed by atoms with Crippen molar-refractivity contribution in [3.63, 3.8) is 0 Å². The van der Waals surface area contributed by atoms with Gasteiger partial charge in [0.05, 0.1) is 24.9 Å². The predicted octanol–water partition coefficient (Wildman–Crippen LogP) is 7.75. The van der Waals surface area contributed by atoms with Gasteiger partial charge in [0, 0.05) is 46.6 Å². The minimum Gasteiger partial charge on any atom is -0.461 e. The van der Waals surface area contributed by atoms with E-state index in [0.29, 0.717) is 54.5 Å². The van der Waals surface area contributed by atoms with Gasteiger partial charge in [0.15, 0.2) is 18.1 Å². The van der Waals surface area contributed by atoms with E-state index >= 15 is 4.39 Å². The van der Waals surface area contributed by atoms with Crippen LogP contribution in [0.3, 0.4) is 0 Å². The number of aliphatic hydroxyl groups excluding tert-OH is 1. The summed E-state index contributed by atoms with van der Waals surface area (Å²) in [6.45, 7) is 9.63. The zero-order valence-corrected chi connectivity index (χ0v) is 38.6. The Kier molecular flexibility index (Phi) is 13.6. The van der Waals surface area contributed by atoms with Crippen LogP contribution in [0.1, 0.15) is 116 Å². The highest BCUT2D eigenvalue weighted by Gasteiger charge is 2.75. The Balaban J connectivity index is 0.911. The monoisotopic (exact) mass is 908 g/mol. The number of esters is 3. The van der Waals surface area contributed by atoms with Crippen molar-refractivity contribution in [1.29, 1.82) is 0 Å². The van der Waals surface area contributed by atoms with Gasteiger partial charge in [0.2, 0.25) is 11.7 Å². The van der Waals surface area contributed by atoms with Crippen LogP contribution in [0.4, 0.5) is 10.1 Å². The van der Waals surface area contributed by atoms with E-state index in [1.165, 1.54) is 12.2 Å². The van der Waals surface area contributed by atoms with Crippen molar-refractivity contribution in [2.45, 2.75) is 135 Å². The van der Waals surface area contributed by atoms with Gasteiger partial charge in [-0.25, -0.2) is 4.39 Å². The number of allylic oxidation sites excluding steroid dienone is 4. The SMILES string of the molecule is C[C@@H]1C[C@H]2[C@@H]3CCC4=CC(=O)C=C[C@]4(C)[C@@]3(F)[C@@H](O)C[C@]2(C)[C@@]1(O)C(=O)COC(=O)CCC(=O)OCc1ccc(C(CCCC(=O)OC(C)(C)C)C(=O)Nc2ccc3cnccc3c2)cc1. The van der Waals surface area contributed by atoms with Gasteiger partial charge in [-0.1, -0.05) is 55.8 Å². The highest BCUT2D eigenvalue weighted by molar-refractivity contribution is 6.01. The molecular formula is C52H61FN2O11. The standard InChI is InChI=1S/C52H61FN2O11/c1-31-24-41-40-17-15-36-26-38(56)20-22-49(36,5)51(40,53)42(57)27-50(41,6)52(31,63)43(58)30-65-45(60)19-18-44(59)64-29-32-10-12-33(13-11-32)39(8-7-9-46(61)66-48(2,3)4)47(62)55-37-16-14-35-28-54-23-21-34(35)25-37/h10-14,16,20-23,25-26,28,31,39-42,57,63H,7-9,15,17-19,24,27,29-30H2,1-6H3,(H,55,62)/t31-,39?,40+,41+,42+,49+,50+,51+,52+/m1/s1. The summed E-state index contributed by atoms with van der Waals surface area (Å²) in [5, 5.41) is 28.7. The van der Waals surface area contributed by atoms with Crippen molar-refractivity contribution in [3.05, 3.63) is 95.9 Å². The van der Waals surface area contributed by atoms with Crippen molar-refractivity contribution in [2.24, 2.45) is 28.6 Å². The Labute approximate surface area is 384 Å². The lowest BCUT2D eigenvalue weighted by Gasteiger charge is -2.62. The molecule has 3 saturated carbocycles. The molecule has 9 atom stereocenters. The number of alkyl halides is 1. The zero-order chi connectivity index (χ0) is 47.8. The number of nitrogens with one attached hydrogen (secondary N) is 1. The first kappa shape index (κ1) is 48.3. The number of amides is 1. The first-order valence-corrected chi connectivity index (χ1v) is 22.9. The first-order chi connectivity index (χ1) is 31.1. The number of nitrogens with zero attached hydrogens (tertiary/aromatic N) is 1. The third-order valence-electron chi connectivity index (χ3n) is 14.8. The van der Waals surface area contributed by atoms with E-state index in [2.05, 4.69) is 10.3 Å². The van der Waals surface area contributed by atoms with Gasteiger partial charge in [-0.05, 0) is 125 Å². The summed E-state index contributed by atoms with van der Waals surface area (Å²) in [4.78, 5) is 81.9. The second-order valence-electron chi connectivity index (χ2n) is 20.1. The fourth-order valence-corrected chi connectivity index (χ4v) is 11.4. The van der Waals surface area contributed by atoms with Crippen LogP contribution in [0.5, 0.6) is 0 Å². The number of aliphatic hydroxyl groups is 2. The lowest BCUT2D eigenvalue weighted by molar-refractivity contribution is -0.220. The topological polar surface area (TPSA) is 195 Å². The minimum atomic E-state index is -2.12. The number of halogens is 1. The van der Waals surface area contributed by atoms with Gasteiger partial charge in [0.1, 0.15) is 17.8 Å². The molecule has 1 heterocycles. The van der Waals surface area contributed by atoms with Crippen LogP contribution in [0, 0.1) is 28.6 Å². The molecule has 0 spiro atoms. The lowest BCUT2D eigenvalue weighted by Crippen LogP contribution is -2.69. The molecule has 352 valence electrons. The number of hydrogen-bond acceptors (Lipinski definition) is 12. The number of pyridine rings is 1. The number of ether oxygens (including phenoxy) is 3. The fraction of sp³-hybridized carbons (Fsp3) is 0.519. The molecular weight excluding hydrogens is 848 g/mol. The van der Waals surface area contributed by atoms with E-state index in [9.17, 15) is 39.0 Å². The summed E-state index contributed by atoms with van der Waals surface area (Å²) in [5.41, 5.74) is -4.65. The molecule has 3 aromatic rings. The van der Waals surface area contributed by atoms with E-state index in [1.54, 1.807) is 90.3 Å². The lowest BCUT2D eigenvalue weighted by atomic mass is 9.44. The van der Waals surface area contributed by atoms with E-state index in [-0.39, 0.29) is 49.9 Å². The zero-order valence-electron chi connectivity index (χ0n) is 38.6. The smallest absolute Gasteiger partial charge is 0.306 e. The maximum atomic E-state index is 17.5. The van der Waals surface area contributed by atoms with E-state index in [0.717, 1.165) is 10.8 Å². The Morgan fingerprint density at radius 2 is 1.65 bits per heavy atom. The van der Waals surface area contributed by atoms with Gasteiger partial charge in [0.25, 0.3) is 0 Å². The number of ketones is 2. The summed E-state index contributed by atoms with van der Waals surface area (Å²) in [6, 6.07) is 14.4. The Morgan fingerprint density at radius 3 is 2.36 bits per heavy atom. The van der Waals surface area contributed by atoms with Crippen molar-refractivity contribution in [3.8, 4) is 0 Å². The third-order valence-corrected chi connectivity index (χ3v) is 14.8. The quantitative estimate of drug-likeness (QED) is 0.0993. The molecule has 66 heavy (non-hydrogen) atoms. The molecule has 7 rings (SSSR count). The van der Waals surface area contributed by atoms with Crippen LogP contribution < -0.4 is 5.32 Å². The van der Waals surface area contributed by atoms with Crippen LogP contribution in [0.25, 0.3) is 10.8 Å². The molecule has 1 amide bonds. The number of carbonyl (C=O) groups excluding carboxylic acids is 6. The van der Waals surface area contributed by atoms with Gasteiger partial charge in [-0.3, -0.25) is 33.8 Å². The largest absolute Gasteiger partial charge is 0.461 e. The molecule has 2 aromatic carbocycles. The Hall–Kier alpha value is -5.60. The first-order valence-electron chi connectivity index (χ1n) is 22.9. The van der Waals surface area contributed by atoms with Gasteiger partial charge in [-0.2, -0.15) is 0 Å². The maximum Gasteiger partial charge on any atom is 0.306 e. The molecule has 1 aromatic heterocycles. The summed E-state index contributed by atoms with van der Waals surface area (Å²) < 4.78 is 33.7. The number of carbonyl (C=O) groups is 6. The fourth-order valence-electron chi connectivity index (χ4n) is 11.4. The molecule has 0 aliphatic heterocycles. The predicted molar refractivity (Wildman–Crippen MR) is 242 cm³/mol. The maximum absolute atomic E-state index is 17.5. The second kappa shape index (κ2) is 18.6. The molecule has 1 unspecified atom stereocenters. The molecule has 13 nitrogen and oxygen atoms in total. The second-order valence-corrected chi connectivity index (χ2v) is 20.1. The highest BCUT2D eigenvalue weighted by atomic mass is 19.1.